The van der Waals surface area contributed by atoms with Gasteiger partial charge in [-0.3, -0.25) is 9.59 Å². The van der Waals surface area contributed by atoms with Gasteiger partial charge < -0.3 is 25.4 Å². The quantitative estimate of drug-likeness (QED) is 0.464. The number of hydrogen-bond acceptors (Lipinski definition) is 5. The van der Waals surface area contributed by atoms with E-state index in [-0.39, 0.29) is 23.9 Å². The highest BCUT2D eigenvalue weighted by Crippen LogP contribution is 2.41. The highest BCUT2D eigenvalue weighted by atomic mass is 16.6. The monoisotopic (exact) mass is 489 g/mol. The van der Waals surface area contributed by atoms with Gasteiger partial charge in [0.05, 0.1) is 6.61 Å². The molecule has 8 nitrogen and oxygen atoms in total. The number of alkyl carbamates (subject to hydrolysis) is 1. The summed E-state index contributed by atoms with van der Waals surface area (Å²) < 4.78 is 5.29. The zero-order valence-electron chi connectivity index (χ0n) is 22.5. The topological polar surface area (TPSA) is 108 Å². The molecule has 0 spiro atoms. The lowest BCUT2D eigenvalue weighted by Gasteiger charge is -2.35. The molecular formula is C27H43N3O5. The maximum Gasteiger partial charge on any atom is 0.408 e. The normalized spacial score (nSPS) is 19.8. The zero-order chi connectivity index (χ0) is 26.5. The standard InChI is InChI=1S/C27H43N3O5/c1-9-10-19(5)28-24(32)23(20-12-16(2)11-17(3)13-20)30(22-14-18(22)4)25(33)21(15-31)29-26(34)35-27(6,7)8/h11-13,18-19,21-23,31H,9-10,14-15H2,1-8H3,(H,28,32)(H,29,34). The molecule has 1 fully saturated rings. The van der Waals surface area contributed by atoms with Gasteiger partial charge >= 0.3 is 6.09 Å². The molecule has 0 aromatic heterocycles. The number of aliphatic hydroxyl groups excluding tert-OH is 1. The van der Waals surface area contributed by atoms with E-state index in [0.717, 1.165) is 30.4 Å². The van der Waals surface area contributed by atoms with Gasteiger partial charge in [0.2, 0.25) is 11.8 Å². The third kappa shape index (κ3) is 8.23. The average molecular weight is 490 g/mol. The zero-order valence-corrected chi connectivity index (χ0v) is 22.5. The summed E-state index contributed by atoms with van der Waals surface area (Å²) in [4.78, 5) is 41.4. The molecule has 5 atom stereocenters. The number of rotatable bonds is 10. The van der Waals surface area contributed by atoms with Crippen molar-refractivity contribution >= 4 is 17.9 Å². The fourth-order valence-corrected chi connectivity index (χ4v) is 4.42. The molecular weight excluding hydrogens is 446 g/mol. The summed E-state index contributed by atoms with van der Waals surface area (Å²) in [5, 5.41) is 15.6. The number of nitrogens with zero attached hydrogens (tertiary/aromatic N) is 1. The van der Waals surface area contributed by atoms with Crippen molar-refractivity contribution < 1.29 is 24.2 Å². The molecule has 0 bridgehead atoms. The van der Waals surface area contributed by atoms with Crippen molar-refractivity contribution in [1.29, 1.82) is 0 Å². The lowest BCUT2D eigenvalue weighted by Crippen LogP contribution is -2.55. The van der Waals surface area contributed by atoms with Crippen LogP contribution < -0.4 is 10.6 Å². The molecule has 196 valence electrons. The second-order valence-corrected chi connectivity index (χ2v) is 10.9. The minimum absolute atomic E-state index is 0.0528. The molecule has 1 aliphatic carbocycles. The largest absolute Gasteiger partial charge is 0.444 e. The molecule has 5 unspecified atom stereocenters. The van der Waals surface area contributed by atoms with Crippen molar-refractivity contribution in [3.05, 3.63) is 34.9 Å². The van der Waals surface area contributed by atoms with Crippen LogP contribution in [0.5, 0.6) is 0 Å². The van der Waals surface area contributed by atoms with Gasteiger partial charge in [0.15, 0.2) is 0 Å². The van der Waals surface area contributed by atoms with E-state index in [4.69, 9.17) is 4.74 Å². The Morgan fingerprint density at radius 2 is 1.71 bits per heavy atom. The van der Waals surface area contributed by atoms with Crippen molar-refractivity contribution in [3.8, 4) is 0 Å². The van der Waals surface area contributed by atoms with Gasteiger partial charge in [-0.05, 0) is 65.9 Å². The molecule has 1 saturated carbocycles. The first-order valence-corrected chi connectivity index (χ1v) is 12.6. The van der Waals surface area contributed by atoms with E-state index < -0.39 is 36.3 Å². The van der Waals surface area contributed by atoms with Gasteiger partial charge in [0, 0.05) is 12.1 Å². The molecule has 0 radical (unpaired) electrons. The van der Waals surface area contributed by atoms with Crippen LogP contribution in [0.4, 0.5) is 4.79 Å². The van der Waals surface area contributed by atoms with Crippen LogP contribution >= 0.6 is 0 Å². The van der Waals surface area contributed by atoms with Crippen LogP contribution in [0.3, 0.4) is 0 Å². The predicted molar refractivity (Wildman–Crippen MR) is 136 cm³/mol. The second-order valence-electron chi connectivity index (χ2n) is 10.9. The molecule has 35 heavy (non-hydrogen) atoms. The van der Waals surface area contributed by atoms with E-state index >= 15 is 0 Å². The van der Waals surface area contributed by atoms with Crippen LogP contribution in [0, 0.1) is 19.8 Å². The summed E-state index contributed by atoms with van der Waals surface area (Å²) in [5.41, 5.74) is 1.93. The van der Waals surface area contributed by atoms with Crippen LogP contribution in [0.2, 0.25) is 0 Å². The molecule has 1 aromatic rings. The van der Waals surface area contributed by atoms with Gasteiger partial charge in [-0.2, -0.15) is 0 Å². The molecule has 0 saturated heterocycles. The van der Waals surface area contributed by atoms with Crippen molar-refractivity contribution in [2.45, 2.75) is 104 Å². The van der Waals surface area contributed by atoms with E-state index in [1.54, 1.807) is 25.7 Å². The number of benzene rings is 1. The van der Waals surface area contributed by atoms with E-state index in [9.17, 15) is 19.5 Å². The first kappa shape index (κ1) is 28.6. The van der Waals surface area contributed by atoms with Gasteiger partial charge in [-0.25, -0.2) is 4.79 Å². The molecule has 3 amide bonds. The van der Waals surface area contributed by atoms with E-state index in [0.29, 0.717) is 5.56 Å². The maximum atomic E-state index is 13.8. The molecule has 1 aromatic carbocycles. The summed E-state index contributed by atoms with van der Waals surface area (Å²) in [6, 6.07) is 3.52. The molecule has 0 aliphatic heterocycles. The van der Waals surface area contributed by atoms with Gasteiger partial charge in [0.25, 0.3) is 0 Å². The number of hydrogen-bond donors (Lipinski definition) is 3. The van der Waals surface area contributed by atoms with Crippen molar-refractivity contribution in [3.63, 3.8) is 0 Å². The number of aryl methyl sites for hydroxylation is 2. The Hall–Kier alpha value is -2.61. The van der Waals surface area contributed by atoms with Crippen LogP contribution in [0.1, 0.15) is 83.5 Å². The smallest absolute Gasteiger partial charge is 0.408 e. The molecule has 0 heterocycles. The Kier molecular flexibility index (Phi) is 9.72. The van der Waals surface area contributed by atoms with Gasteiger partial charge in [0.1, 0.15) is 17.7 Å². The highest BCUT2D eigenvalue weighted by molar-refractivity contribution is 5.92. The predicted octanol–water partition coefficient (Wildman–Crippen LogP) is 3.77. The van der Waals surface area contributed by atoms with E-state index in [2.05, 4.69) is 17.6 Å². The van der Waals surface area contributed by atoms with Crippen molar-refractivity contribution in [1.82, 2.24) is 15.5 Å². The number of carbonyl (C=O) groups is 3. The lowest BCUT2D eigenvalue weighted by molar-refractivity contribution is -0.144. The first-order valence-electron chi connectivity index (χ1n) is 12.6. The van der Waals surface area contributed by atoms with Crippen LogP contribution in [-0.4, -0.2) is 58.2 Å². The summed E-state index contributed by atoms with van der Waals surface area (Å²) in [6.07, 6.45) is 1.69. The summed E-state index contributed by atoms with van der Waals surface area (Å²) in [7, 11) is 0. The SMILES string of the molecule is CCCC(C)NC(=O)C(c1cc(C)cc(C)c1)N(C(=O)C(CO)NC(=O)OC(C)(C)C)C1CC1C. The second kappa shape index (κ2) is 11.9. The van der Waals surface area contributed by atoms with Crippen LogP contribution in [0.15, 0.2) is 18.2 Å². The van der Waals surface area contributed by atoms with Gasteiger partial charge in [-0.1, -0.05) is 49.6 Å². The van der Waals surface area contributed by atoms with Crippen LogP contribution in [-0.2, 0) is 14.3 Å². The first-order chi connectivity index (χ1) is 16.3. The summed E-state index contributed by atoms with van der Waals surface area (Å²) in [6.45, 7) is 14.5. The molecule has 1 aliphatic rings. The van der Waals surface area contributed by atoms with Crippen molar-refractivity contribution in [2.24, 2.45) is 5.92 Å². The number of amides is 3. The Labute approximate surface area is 209 Å². The number of ether oxygens (including phenoxy) is 1. The summed E-state index contributed by atoms with van der Waals surface area (Å²) in [5.74, 6) is -0.568. The Morgan fingerprint density at radius 3 is 2.17 bits per heavy atom. The lowest BCUT2D eigenvalue weighted by atomic mass is 9.97. The fraction of sp³-hybridized carbons (Fsp3) is 0.667. The minimum atomic E-state index is -1.23. The van der Waals surface area contributed by atoms with E-state index in [1.165, 1.54) is 0 Å². The minimum Gasteiger partial charge on any atom is -0.444 e. The molecule has 3 N–H and O–H groups in total. The van der Waals surface area contributed by atoms with Crippen LogP contribution in [0.25, 0.3) is 0 Å². The summed E-state index contributed by atoms with van der Waals surface area (Å²) >= 11 is 0. The van der Waals surface area contributed by atoms with E-state index in [1.807, 2.05) is 45.9 Å². The maximum absolute atomic E-state index is 13.8. The number of nitrogens with one attached hydrogen (secondary N) is 2. The Bertz CT molecular complexity index is 890. The molecule has 2 rings (SSSR count). The van der Waals surface area contributed by atoms with Crippen molar-refractivity contribution in [2.75, 3.05) is 6.61 Å². The number of aliphatic hydroxyl groups is 1. The highest BCUT2D eigenvalue weighted by Gasteiger charge is 2.48. The Balaban J connectivity index is 2.47. The molecule has 8 heteroatoms. The average Bonchev–Trinajstić information content (AvgIpc) is 3.43. The number of carbonyl (C=O) groups excluding carboxylic acids is 3. The Morgan fingerprint density at radius 1 is 1.14 bits per heavy atom. The third-order valence-corrected chi connectivity index (χ3v) is 6.05. The van der Waals surface area contributed by atoms with Gasteiger partial charge in [-0.15, -0.1) is 0 Å². The fourth-order valence-electron chi connectivity index (χ4n) is 4.42. The third-order valence-electron chi connectivity index (χ3n) is 6.05.